The number of hydrogen-bond acceptors (Lipinski definition) is 5. The molecule has 2 aromatic rings. The first kappa shape index (κ1) is 36.5. The number of nitrogens with one attached hydrogen (secondary N) is 2. The molecule has 31 heavy (non-hydrogen) atoms. The van der Waals surface area contributed by atoms with Crippen molar-refractivity contribution in [3.63, 3.8) is 0 Å². The number of nitrogens with zero attached hydrogens (tertiary/aromatic N) is 1. The monoisotopic (exact) mass is 527 g/mol. The molecule has 3 N–H and O–H groups in total. The molecule has 171 valence electrons. The second-order valence-electron chi connectivity index (χ2n) is 4.56. The smallest absolute Gasteiger partial charge is 0.269 e. The molecule has 0 aliphatic heterocycles. The standard InChI is InChI=1S/C11H12FNO.C6H5N2O2.2C2H6.CH4S.Y/c1-3-8(7-13-2)10-5-4-9(14)6-11(10)12;7-5-1-3-6(4-2-5)8(9)10;3*1-2;/h3-7,13-14H,1H2,2H3;1-4,7H;2*1-2H3;2H,1H3;/q;-1;;;;/b8-7+;;;;;. The van der Waals surface area contributed by atoms with Crippen LogP contribution in [0.15, 0.2) is 61.3 Å². The largest absolute Gasteiger partial charge is 0.699 e. The number of nitro groups is 1. The molecule has 1 radical (unpaired) electrons. The Kier molecular flexibility index (Phi) is 28.7. The molecule has 0 saturated heterocycles. The first-order chi connectivity index (χ1) is 14.4. The van der Waals surface area contributed by atoms with E-state index in [9.17, 15) is 14.5 Å². The Morgan fingerprint density at radius 1 is 1.16 bits per heavy atom. The molecule has 0 atom stereocenters. The molecule has 0 spiro atoms. The van der Waals surface area contributed by atoms with Crippen molar-refractivity contribution >= 4 is 29.6 Å². The molecular weight excluding hydrogens is 494 g/mol. The number of halogens is 1. The van der Waals surface area contributed by atoms with Gasteiger partial charge in [-0.05, 0) is 24.0 Å². The van der Waals surface area contributed by atoms with Crippen LogP contribution in [0.25, 0.3) is 11.3 Å². The Morgan fingerprint density at radius 2 is 1.65 bits per heavy atom. The predicted octanol–water partition coefficient (Wildman–Crippen LogP) is 7.15. The van der Waals surface area contributed by atoms with Crippen LogP contribution in [-0.2, 0) is 32.7 Å². The van der Waals surface area contributed by atoms with Crippen LogP contribution in [0.1, 0.15) is 33.3 Å². The number of nitro benzene ring substituents is 1. The van der Waals surface area contributed by atoms with Crippen molar-refractivity contribution in [1.82, 2.24) is 5.32 Å². The van der Waals surface area contributed by atoms with Gasteiger partial charge in [-0.3, -0.25) is 10.1 Å². The molecular formula is C22H33FN3O3SY-. The van der Waals surface area contributed by atoms with E-state index in [-0.39, 0.29) is 49.8 Å². The zero-order valence-electron chi connectivity index (χ0n) is 19.0. The van der Waals surface area contributed by atoms with Crippen LogP contribution < -0.4 is 5.32 Å². The number of allylic oxidation sites excluding steroid dienone is 2. The predicted molar refractivity (Wildman–Crippen MR) is 130 cm³/mol. The summed E-state index contributed by atoms with van der Waals surface area (Å²) in [4.78, 5) is 9.57. The molecule has 0 unspecified atom stereocenters. The van der Waals surface area contributed by atoms with Crippen molar-refractivity contribution in [2.45, 2.75) is 27.7 Å². The fourth-order valence-electron chi connectivity index (χ4n) is 1.72. The van der Waals surface area contributed by atoms with E-state index in [1.165, 1.54) is 36.4 Å². The Hall–Kier alpha value is -1.90. The van der Waals surface area contributed by atoms with Crippen molar-refractivity contribution in [2.24, 2.45) is 0 Å². The van der Waals surface area contributed by atoms with E-state index in [0.29, 0.717) is 11.1 Å². The first-order valence-corrected chi connectivity index (χ1v) is 10.2. The first-order valence-electron chi connectivity index (χ1n) is 9.28. The van der Waals surface area contributed by atoms with E-state index >= 15 is 0 Å². The summed E-state index contributed by atoms with van der Waals surface area (Å²) < 4.78 is 13.3. The fourth-order valence-corrected chi connectivity index (χ4v) is 1.72. The zero-order chi connectivity index (χ0) is 24.1. The Labute approximate surface area is 216 Å². The molecule has 0 aliphatic carbocycles. The third kappa shape index (κ3) is 16.5. The van der Waals surface area contributed by atoms with Crippen LogP contribution in [0.2, 0.25) is 0 Å². The van der Waals surface area contributed by atoms with Crippen molar-refractivity contribution in [2.75, 3.05) is 13.3 Å². The molecule has 2 rings (SSSR count). The fraction of sp³-hybridized carbons (Fsp3) is 0.273. The van der Waals surface area contributed by atoms with E-state index in [0.717, 1.165) is 6.07 Å². The maximum Gasteiger partial charge on any atom is 0.269 e. The van der Waals surface area contributed by atoms with Crippen LogP contribution >= 0.6 is 12.6 Å². The summed E-state index contributed by atoms with van der Waals surface area (Å²) >= 11 is 3.53. The van der Waals surface area contributed by atoms with Crippen LogP contribution in [0.4, 0.5) is 15.8 Å². The van der Waals surface area contributed by atoms with Gasteiger partial charge in [0.2, 0.25) is 0 Å². The van der Waals surface area contributed by atoms with Gasteiger partial charge in [0.25, 0.3) is 5.69 Å². The number of benzene rings is 2. The Balaban J connectivity index is -0.000000189. The topological polar surface area (TPSA) is 99.2 Å². The van der Waals surface area contributed by atoms with Crippen LogP contribution in [0.3, 0.4) is 0 Å². The summed E-state index contributed by atoms with van der Waals surface area (Å²) in [5, 5.41) is 21.9. The Morgan fingerprint density at radius 3 is 2.00 bits per heavy atom. The van der Waals surface area contributed by atoms with Gasteiger partial charge in [0.05, 0.1) is 4.92 Å². The van der Waals surface area contributed by atoms with E-state index in [1.807, 2.05) is 27.7 Å². The molecule has 9 heteroatoms. The zero-order valence-corrected chi connectivity index (χ0v) is 22.7. The van der Waals surface area contributed by atoms with Crippen molar-refractivity contribution in [3.05, 3.63) is 88.5 Å². The normalized spacial score (nSPS) is 8.58. The number of aromatic hydroxyl groups is 1. The maximum absolute atomic E-state index is 13.3. The number of phenolic OH excluding ortho intramolecular Hbond substituents is 1. The van der Waals surface area contributed by atoms with E-state index in [1.54, 1.807) is 25.6 Å². The van der Waals surface area contributed by atoms with E-state index in [4.69, 9.17) is 10.8 Å². The third-order valence-corrected chi connectivity index (χ3v) is 2.86. The SMILES string of the molecule is C=C/C(=C\NC)c1ccc(O)cc1F.CC.CC.CS.[NH-]c1ccc([N+](=O)[O-])cc1.[Y]. The van der Waals surface area contributed by atoms with Gasteiger partial charge in [-0.15, -0.1) is 5.69 Å². The number of hydrogen-bond donors (Lipinski definition) is 3. The molecule has 0 fully saturated rings. The summed E-state index contributed by atoms with van der Waals surface area (Å²) in [5.74, 6) is -0.550. The average Bonchev–Trinajstić information content (AvgIpc) is 2.77. The summed E-state index contributed by atoms with van der Waals surface area (Å²) in [6.45, 7) is 11.6. The van der Waals surface area contributed by atoms with Crippen molar-refractivity contribution < 1.29 is 47.1 Å². The average molecular weight is 527 g/mol. The van der Waals surface area contributed by atoms with Gasteiger partial charge in [-0.2, -0.15) is 12.6 Å². The number of non-ortho nitro benzene ring substituents is 1. The van der Waals surface area contributed by atoms with Crippen LogP contribution in [0, 0.1) is 15.9 Å². The second-order valence-corrected chi connectivity index (χ2v) is 4.56. The molecule has 0 amide bonds. The maximum atomic E-state index is 13.3. The number of phenols is 1. The van der Waals surface area contributed by atoms with Gasteiger partial charge in [0, 0.05) is 69.7 Å². The molecule has 0 aliphatic rings. The van der Waals surface area contributed by atoms with Crippen LogP contribution in [0.5, 0.6) is 5.75 Å². The minimum absolute atomic E-state index is 0. The van der Waals surface area contributed by atoms with Crippen molar-refractivity contribution in [3.8, 4) is 5.75 Å². The Bertz CT molecular complexity index is 758. The molecule has 0 aromatic heterocycles. The number of thiol groups is 1. The third-order valence-electron chi connectivity index (χ3n) is 2.86. The van der Waals surface area contributed by atoms with E-state index < -0.39 is 10.7 Å². The minimum Gasteiger partial charge on any atom is -0.699 e. The minimum atomic E-state index is -0.487. The second kappa shape index (κ2) is 24.4. The van der Waals surface area contributed by atoms with Gasteiger partial charge >= 0.3 is 0 Å². The van der Waals surface area contributed by atoms with Gasteiger partial charge in [-0.25, -0.2) is 4.39 Å². The van der Waals surface area contributed by atoms with Gasteiger partial charge in [0.1, 0.15) is 11.6 Å². The summed E-state index contributed by atoms with van der Waals surface area (Å²) in [7, 11) is 1.72. The van der Waals surface area contributed by atoms with Gasteiger partial charge in [0.15, 0.2) is 0 Å². The summed E-state index contributed by atoms with van der Waals surface area (Å²) in [6, 6.07) is 9.41. The molecule has 0 heterocycles. The molecule has 0 saturated carbocycles. The quantitative estimate of drug-likeness (QED) is 0.170. The number of rotatable bonds is 4. The van der Waals surface area contributed by atoms with Gasteiger partial charge in [-0.1, -0.05) is 52.5 Å². The van der Waals surface area contributed by atoms with Crippen molar-refractivity contribution in [1.29, 1.82) is 0 Å². The van der Waals surface area contributed by atoms with Crippen LogP contribution in [-0.4, -0.2) is 23.3 Å². The van der Waals surface area contributed by atoms with E-state index in [2.05, 4.69) is 24.5 Å². The summed E-state index contributed by atoms with van der Waals surface area (Å²) in [5.41, 5.74) is 8.37. The molecule has 6 nitrogen and oxygen atoms in total. The van der Waals surface area contributed by atoms with Gasteiger partial charge < -0.3 is 16.2 Å². The summed E-state index contributed by atoms with van der Waals surface area (Å²) in [6.07, 6.45) is 4.88. The molecule has 2 aromatic carbocycles. The molecule has 0 bridgehead atoms.